The van der Waals surface area contributed by atoms with Gasteiger partial charge in [-0.1, -0.05) is 19.9 Å². The van der Waals surface area contributed by atoms with Crippen LogP contribution in [0.15, 0.2) is 12.1 Å². The van der Waals surface area contributed by atoms with Crippen LogP contribution in [0.1, 0.15) is 25.0 Å². The highest BCUT2D eigenvalue weighted by Gasteiger charge is 2.21. The van der Waals surface area contributed by atoms with E-state index in [1.54, 1.807) is 7.11 Å². The van der Waals surface area contributed by atoms with Gasteiger partial charge in [-0.15, -0.1) is 0 Å². The van der Waals surface area contributed by atoms with Gasteiger partial charge in [-0.2, -0.15) is 0 Å². The van der Waals surface area contributed by atoms with Crippen LogP contribution in [-0.2, 0) is 4.79 Å². The van der Waals surface area contributed by atoms with Gasteiger partial charge in [0.05, 0.1) is 18.7 Å². The van der Waals surface area contributed by atoms with Gasteiger partial charge < -0.3 is 15.2 Å². The zero-order valence-corrected chi connectivity index (χ0v) is 12.3. The first-order valence-electron chi connectivity index (χ1n) is 6.48. The van der Waals surface area contributed by atoms with E-state index in [0.29, 0.717) is 6.54 Å². The van der Waals surface area contributed by atoms with Crippen molar-refractivity contribution in [2.24, 2.45) is 11.8 Å². The van der Waals surface area contributed by atoms with Crippen molar-refractivity contribution < 1.29 is 14.6 Å². The van der Waals surface area contributed by atoms with E-state index in [0.717, 1.165) is 22.6 Å². The predicted molar refractivity (Wildman–Crippen MR) is 76.9 cm³/mol. The Bertz CT molecular complexity index is 455. The highest BCUT2D eigenvalue weighted by Crippen LogP contribution is 2.30. The summed E-state index contributed by atoms with van der Waals surface area (Å²) in [6.45, 7) is 8.22. The fraction of sp³-hybridized carbons (Fsp3) is 0.533. The molecular formula is C15H23NO3. The Balaban J connectivity index is 2.90. The molecule has 1 aromatic rings. The monoisotopic (exact) mass is 265 g/mol. The molecule has 0 amide bonds. The number of carboxylic acids is 1. The molecule has 0 fully saturated rings. The fourth-order valence-electron chi connectivity index (χ4n) is 2.18. The predicted octanol–water partition coefficient (Wildman–Crippen LogP) is 3.08. The third-order valence-corrected chi connectivity index (χ3v) is 3.26. The highest BCUT2D eigenvalue weighted by atomic mass is 16.5. The minimum Gasteiger partial charge on any atom is -0.494 e. The van der Waals surface area contributed by atoms with Crippen molar-refractivity contribution in [1.29, 1.82) is 0 Å². The third-order valence-electron chi connectivity index (χ3n) is 3.26. The van der Waals surface area contributed by atoms with Crippen molar-refractivity contribution in [2.75, 3.05) is 19.0 Å². The summed E-state index contributed by atoms with van der Waals surface area (Å²) in [4.78, 5) is 11.2. The first-order chi connectivity index (χ1) is 8.86. The zero-order valence-electron chi connectivity index (χ0n) is 12.3. The van der Waals surface area contributed by atoms with Crippen molar-refractivity contribution >= 4 is 11.7 Å². The number of carbonyl (C=O) groups is 1. The number of hydrogen-bond donors (Lipinski definition) is 2. The van der Waals surface area contributed by atoms with Crippen LogP contribution in [0.4, 0.5) is 5.69 Å². The van der Waals surface area contributed by atoms with E-state index in [4.69, 9.17) is 4.74 Å². The van der Waals surface area contributed by atoms with E-state index in [1.165, 1.54) is 0 Å². The maximum atomic E-state index is 11.2. The van der Waals surface area contributed by atoms with Crippen molar-refractivity contribution in [3.05, 3.63) is 23.3 Å². The second-order valence-electron chi connectivity index (χ2n) is 5.23. The Morgan fingerprint density at radius 3 is 2.47 bits per heavy atom. The number of nitrogens with one attached hydrogen (secondary N) is 1. The Morgan fingerprint density at radius 1 is 1.37 bits per heavy atom. The van der Waals surface area contributed by atoms with Crippen LogP contribution >= 0.6 is 0 Å². The molecule has 1 aromatic carbocycles. The van der Waals surface area contributed by atoms with Crippen LogP contribution in [0.2, 0.25) is 0 Å². The summed E-state index contributed by atoms with van der Waals surface area (Å²) in [6.07, 6.45) is 0. The summed E-state index contributed by atoms with van der Waals surface area (Å²) in [7, 11) is 1.62. The van der Waals surface area contributed by atoms with Gasteiger partial charge >= 0.3 is 5.97 Å². The van der Waals surface area contributed by atoms with E-state index in [1.807, 2.05) is 39.8 Å². The lowest BCUT2D eigenvalue weighted by molar-refractivity contribution is -0.142. The Hall–Kier alpha value is -1.71. The molecule has 4 heteroatoms. The largest absolute Gasteiger partial charge is 0.494 e. The SMILES string of the molecule is COc1c(C)cc(C)cc1NCC(C(=O)O)C(C)C. The molecule has 2 N–H and O–H groups in total. The van der Waals surface area contributed by atoms with E-state index >= 15 is 0 Å². The highest BCUT2D eigenvalue weighted by molar-refractivity contribution is 5.71. The van der Waals surface area contributed by atoms with Gasteiger partial charge in [0.15, 0.2) is 0 Å². The van der Waals surface area contributed by atoms with Crippen LogP contribution < -0.4 is 10.1 Å². The molecule has 1 rings (SSSR count). The lowest BCUT2D eigenvalue weighted by Gasteiger charge is -2.20. The molecule has 0 spiro atoms. The topological polar surface area (TPSA) is 58.6 Å². The molecule has 0 bridgehead atoms. The van der Waals surface area contributed by atoms with E-state index in [-0.39, 0.29) is 5.92 Å². The summed E-state index contributed by atoms with van der Waals surface area (Å²) in [5.74, 6) is -0.322. The molecule has 1 atom stereocenters. The molecule has 0 aliphatic carbocycles. The van der Waals surface area contributed by atoms with Crippen molar-refractivity contribution in [3.8, 4) is 5.75 Å². The maximum Gasteiger partial charge on any atom is 0.308 e. The molecule has 0 aromatic heterocycles. The number of benzene rings is 1. The van der Waals surface area contributed by atoms with Gasteiger partial charge in [0.2, 0.25) is 0 Å². The first-order valence-corrected chi connectivity index (χ1v) is 6.48. The summed E-state index contributed by atoms with van der Waals surface area (Å²) in [6, 6.07) is 4.02. The van der Waals surface area contributed by atoms with Crippen LogP contribution in [0.3, 0.4) is 0 Å². The number of anilines is 1. The van der Waals surface area contributed by atoms with E-state index in [9.17, 15) is 9.90 Å². The molecule has 106 valence electrons. The Labute approximate surface area is 114 Å². The van der Waals surface area contributed by atoms with Crippen LogP contribution in [-0.4, -0.2) is 24.7 Å². The van der Waals surface area contributed by atoms with Gasteiger partial charge in [-0.05, 0) is 37.0 Å². The first kappa shape index (κ1) is 15.3. The maximum absolute atomic E-state index is 11.2. The third kappa shape index (κ3) is 3.88. The molecular weight excluding hydrogens is 242 g/mol. The number of rotatable bonds is 6. The molecule has 0 aliphatic heterocycles. The number of carboxylic acid groups (broad SMARTS) is 1. The van der Waals surface area contributed by atoms with Crippen LogP contribution in [0.25, 0.3) is 0 Å². The molecule has 0 saturated carbocycles. The normalized spacial score (nSPS) is 12.3. The number of hydrogen-bond acceptors (Lipinski definition) is 3. The summed E-state index contributed by atoms with van der Waals surface area (Å²) >= 11 is 0. The summed E-state index contributed by atoms with van der Waals surface area (Å²) in [5.41, 5.74) is 3.02. The number of aryl methyl sites for hydroxylation is 2. The zero-order chi connectivity index (χ0) is 14.6. The van der Waals surface area contributed by atoms with Gasteiger partial charge in [0.25, 0.3) is 0 Å². The molecule has 4 nitrogen and oxygen atoms in total. The van der Waals surface area contributed by atoms with Gasteiger partial charge in [0.1, 0.15) is 5.75 Å². The Kier molecular flexibility index (Phi) is 5.21. The average Bonchev–Trinajstić information content (AvgIpc) is 2.27. The smallest absolute Gasteiger partial charge is 0.308 e. The lowest BCUT2D eigenvalue weighted by atomic mass is 9.96. The number of methoxy groups -OCH3 is 1. The van der Waals surface area contributed by atoms with Crippen LogP contribution in [0.5, 0.6) is 5.75 Å². The van der Waals surface area contributed by atoms with Crippen LogP contribution in [0, 0.1) is 25.7 Å². The number of aliphatic carboxylic acids is 1. The molecule has 0 saturated heterocycles. The fourth-order valence-corrected chi connectivity index (χ4v) is 2.18. The van der Waals surface area contributed by atoms with Crippen molar-refractivity contribution in [3.63, 3.8) is 0 Å². The average molecular weight is 265 g/mol. The minimum absolute atomic E-state index is 0.0851. The molecule has 0 radical (unpaired) electrons. The minimum atomic E-state index is -0.772. The second-order valence-corrected chi connectivity index (χ2v) is 5.23. The summed E-state index contributed by atoms with van der Waals surface area (Å²) in [5, 5.41) is 12.4. The molecule has 19 heavy (non-hydrogen) atoms. The van der Waals surface area contributed by atoms with Crippen molar-refractivity contribution in [1.82, 2.24) is 0 Å². The Morgan fingerprint density at radius 2 is 2.00 bits per heavy atom. The van der Waals surface area contributed by atoms with Gasteiger partial charge in [-0.25, -0.2) is 0 Å². The molecule has 1 unspecified atom stereocenters. The van der Waals surface area contributed by atoms with Crippen molar-refractivity contribution in [2.45, 2.75) is 27.7 Å². The number of ether oxygens (including phenoxy) is 1. The van der Waals surface area contributed by atoms with E-state index in [2.05, 4.69) is 5.32 Å². The molecule has 0 aliphatic rings. The van der Waals surface area contributed by atoms with Gasteiger partial charge in [0, 0.05) is 6.54 Å². The van der Waals surface area contributed by atoms with Gasteiger partial charge in [-0.3, -0.25) is 4.79 Å². The quantitative estimate of drug-likeness (QED) is 0.830. The standard InChI is InChI=1S/C15H23NO3/c1-9(2)12(15(17)18)8-16-13-7-10(3)6-11(4)14(13)19-5/h6-7,9,12,16H,8H2,1-5H3,(H,17,18). The lowest BCUT2D eigenvalue weighted by Crippen LogP contribution is -2.27. The molecule has 0 heterocycles. The second kappa shape index (κ2) is 6.45. The van der Waals surface area contributed by atoms with E-state index < -0.39 is 11.9 Å². The summed E-state index contributed by atoms with van der Waals surface area (Å²) < 4.78 is 5.37.